The molecule has 0 unspecified atom stereocenters. The van der Waals surface area contributed by atoms with E-state index >= 15 is 0 Å². The fourth-order valence-corrected chi connectivity index (χ4v) is 1.60. The fourth-order valence-electron chi connectivity index (χ4n) is 1.60. The molecule has 0 aliphatic rings. The molecule has 0 aliphatic carbocycles. The second-order valence-electron chi connectivity index (χ2n) is 3.96. The van der Waals surface area contributed by atoms with Crippen LogP contribution in [0.15, 0.2) is 16.7 Å². The van der Waals surface area contributed by atoms with Crippen molar-refractivity contribution in [2.45, 2.75) is 6.92 Å². The first-order chi connectivity index (χ1) is 9.92. The third kappa shape index (κ3) is 2.94. The maximum atomic E-state index is 13.5. The summed E-state index contributed by atoms with van der Waals surface area (Å²) < 4.78 is 18.2. The number of nitro benzene ring substituents is 1. The number of hydrogen-bond acceptors (Lipinski definition) is 7. The summed E-state index contributed by atoms with van der Waals surface area (Å²) in [5.74, 6) is -1.41. The van der Waals surface area contributed by atoms with Crippen molar-refractivity contribution >= 4 is 23.3 Å². The molecule has 0 spiro atoms. The number of amides is 1. The predicted molar refractivity (Wildman–Crippen MR) is 69.6 cm³/mol. The third-order valence-electron chi connectivity index (χ3n) is 2.54. The minimum atomic E-state index is -0.859. The molecule has 0 bridgehead atoms. The Bertz CT molecular complexity index is 715. The molecule has 2 N–H and O–H groups in total. The minimum Gasteiger partial charge on any atom is -0.386 e. The first-order valence-electron chi connectivity index (χ1n) is 5.69. The molecular weight excluding hydrogens is 285 g/mol. The Morgan fingerprint density at radius 2 is 2.19 bits per heavy atom. The summed E-state index contributed by atoms with van der Waals surface area (Å²) in [6, 6.07) is 1.49. The van der Waals surface area contributed by atoms with E-state index in [1.54, 1.807) is 6.92 Å². The summed E-state index contributed by atoms with van der Waals surface area (Å²) in [4.78, 5) is 25.8. The van der Waals surface area contributed by atoms with Crippen molar-refractivity contribution < 1.29 is 18.6 Å². The van der Waals surface area contributed by atoms with Gasteiger partial charge in [0.2, 0.25) is 0 Å². The van der Waals surface area contributed by atoms with E-state index in [0.29, 0.717) is 6.07 Å². The average Bonchev–Trinajstić information content (AvgIpc) is 2.83. The second kappa shape index (κ2) is 5.53. The molecule has 0 atom stereocenters. The zero-order valence-electron chi connectivity index (χ0n) is 11.0. The highest BCUT2D eigenvalue weighted by Gasteiger charge is 2.24. The lowest BCUT2D eigenvalue weighted by Crippen LogP contribution is -2.15. The molecule has 2 aromatic rings. The van der Waals surface area contributed by atoms with Crippen LogP contribution in [0.1, 0.15) is 16.2 Å². The molecule has 1 aromatic carbocycles. The van der Waals surface area contributed by atoms with Crippen molar-refractivity contribution in [3.63, 3.8) is 0 Å². The fraction of sp³-hybridized carbons (Fsp3) is 0.182. The molecule has 0 saturated carbocycles. The van der Waals surface area contributed by atoms with E-state index in [9.17, 15) is 19.3 Å². The number of anilines is 2. The third-order valence-corrected chi connectivity index (χ3v) is 2.54. The van der Waals surface area contributed by atoms with Gasteiger partial charge in [-0.05, 0) is 13.0 Å². The van der Waals surface area contributed by atoms with E-state index in [0.717, 1.165) is 6.07 Å². The molecule has 1 amide bonds. The number of aryl methyl sites for hydroxylation is 1. The minimum absolute atomic E-state index is 0.0486. The molecule has 0 radical (unpaired) electrons. The topological polar surface area (TPSA) is 123 Å². The second-order valence-corrected chi connectivity index (χ2v) is 3.96. The van der Waals surface area contributed by atoms with Crippen LogP contribution >= 0.6 is 0 Å². The zero-order chi connectivity index (χ0) is 15.6. The van der Waals surface area contributed by atoms with E-state index in [1.807, 2.05) is 0 Å². The molecule has 21 heavy (non-hydrogen) atoms. The molecule has 0 aliphatic heterocycles. The van der Waals surface area contributed by atoms with Gasteiger partial charge >= 0.3 is 6.01 Å². The smallest absolute Gasteiger partial charge is 0.328 e. The van der Waals surface area contributed by atoms with Gasteiger partial charge in [0.15, 0.2) is 11.6 Å². The Morgan fingerprint density at radius 3 is 2.71 bits per heavy atom. The molecule has 10 heteroatoms. The monoisotopic (exact) mass is 295 g/mol. The quantitative estimate of drug-likeness (QED) is 0.650. The van der Waals surface area contributed by atoms with Gasteiger partial charge in [-0.2, -0.15) is 4.98 Å². The number of aromatic nitrogens is 2. The van der Waals surface area contributed by atoms with Gasteiger partial charge in [0.25, 0.3) is 11.6 Å². The molecule has 0 fully saturated rings. The number of nitrogens with one attached hydrogen (secondary N) is 2. The van der Waals surface area contributed by atoms with Gasteiger partial charge in [0, 0.05) is 7.05 Å². The number of rotatable bonds is 4. The van der Waals surface area contributed by atoms with Crippen LogP contribution in [0, 0.1) is 22.9 Å². The molecule has 2 rings (SSSR count). The Kier molecular flexibility index (Phi) is 3.78. The summed E-state index contributed by atoms with van der Waals surface area (Å²) in [7, 11) is 1.42. The Balaban J connectivity index is 2.40. The molecule has 1 aromatic heterocycles. The highest BCUT2D eigenvalue weighted by atomic mass is 19.1. The van der Waals surface area contributed by atoms with Gasteiger partial charge in [-0.25, -0.2) is 4.39 Å². The predicted octanol–water partition coefficient (Wildman–Crippen LogP) is 1.72. The van der Waals surface area contributed by atoms with Gasteiger partial charge < -0.3 is 9.84 Å². The van der Waals surface area contributed by atoms with Crippen LogP contribution < -0.4 is 10.6 Å². The van der Waals surface area contributed by atoms with Crippen molar-refractivity contribution in [2.75, 3.05) is 17.7 Å². The number of hydrogen-bond donors (Lipinski definition) is 2. The molecular formula is C11H10FN5O4. The van der Waals surface area contributed by atoms with Crippen molar-refractivity contribution in [3.8, 4) is 0 Å². The first-order valence-corrected chi connectivity index (χ1v) is 5.69. The van der Waals surface area contributed by atoms with Crippen LogP contribution in [0.25, 0.3) is 0 Å². The number of nitro groups is 1. The van der Waals surface area contributed by atoms with Gasteiger partial charge in [-0.1, -0.05) is 5.16 Å². The highest BCUT2D eigenvalue weighted by Crippen LogP contribution is 2.26. The lowest BCUT2D eigenvalue weighted by atomic mass is 10.1. The zero-order valence-corrected chi connectivity index (χ0v) is 11.0. The lowest BCUT2D eigenvalue weighted by molar-refractivity contribution is -0.385. The standard InChI is InChI=1S/C11H10FN5O4/c1-5-14-11(21-16-5)15-10(18)6-3-8(13-2)7(12)4-9(6)17(19)20/h3-4,13H,1-2H3,(H,14,15,16,18). The number of carbonyl (C=O) groups excluding carboxylic acids is 1. The number of nitrogens with zero attached hydrogens (tertiary/aromatic N) is 3. The molecule has 9 nitrogen and oxygen atoms in total. The van der Waals surface area contributed by atoms with Crippen molar-refractivity contribution in [2.24, 2.45) is 0 Å². The SMILES string of the molecule is CNc1cc(C(=O)Nc2nc(C)no2)c([N+](=O)[O-])cc1F. The van der Waals surface area contributed by atoms with Crippen molar-refractivity contribution in [1.29, 1.82) is 0 Å². The van der Waals surface area contributed by atoms with Crippen molar-refractivity contribution in [3.05, 3.63) is 39.5 Å². The Labute approximate surface area is 117 Å². The average molecular weight is 295 g/mol. The Hall–Kier alpha value is -3.04. The van der Waals surface area contributed by atoms with E-state index in [4.69, 9.17) is 0 Å². The van der Waals surface area contributed by atoms with E-state index in [-0.39, 0.29) is 23.1 Å². The van der Waals surface area contributed by atoms with E-state index in [1.165, 1.54) is 7.05 Å². The van der Waals surface area contributed by atoms with Crippen LogP contribution in [-0.4, -0.2) is 28.0 Å². The van der Waals surface area contributed by atoms with Crippen LogP contribution in [-0.2, 0) is 0 Å². The summed E-state index contributed by atoms with van der Waals surface area (Å²) >= 11 is 0. The molecule has 110 valence electrons. The summed E-state index contributed by atoms with van der Waals surface area (Å²) in [6.45, 7) is 1.54. The Morgan fingerprint density at radius 1 is 1.48 bits per heavy atom. The highest BCUT2D eigenvalue weighted by molar-refractivity contribution is 6.06. The van der Waals surface area contributed by atoms with Gasteiger partial charge in [-0.3, -0.25) is 20.2 Å². The molecule has 0 saturated heterocycles. The molecule has 1 heterocycles. The number of halogens is 1. The lowest BCUT2D eigenvalue weighted by Gasteiger charge is -2.06. The first kappa shape index (κ1) is 14.4. The maximum Gasteiger partial charge on any atom is 0.328 e. The van der Waals surface area contributed by atoms with E-state index in [2.05, 4.69) is 25.3 Å². The summed E-state index contributed by atoms with van der Waals surface area (Å²) in [5, 5.41) is 19.1. The number of benzene rings is 1. The largest absolute Gasteiger partial charge is 0.386 e. The van der Waals surface area contributed by atoms with Crippen LogP contribution in [0.3, 0.4) is 0 Å². The van der Waals surface area contributed by atoms with Gasteiger partial charge in [-0.15, -0.1) is 0 Å². The summed E-state index contributed by atoms with van der Waals surface area (Å²) in [6.07, 6.45) is 0. The van der Waals surface area contributed by atoms with E-state index < -0.39 is 22.3 Å². The van der Waals surface area contributed by atoms with Gasteiger partial charge in [0.05, 0.1) is 16.7 Å². The van der Waals surface area contributed by atoms with Crippen LogP contribution in [0.4, 0.5) is 21.8 Å². The summed E-state index contributed by atoms with van der Waals surface area (Å²) in [5.41, 5.74) is -1.05. The maximum absolute atomic E-state index is 13.5. The van der Waals surface area contributed by atoms with Gasteiger partial charge in [0.1, 0.15) is 5.56 Å². The van der Waals surface area contributed by atoms with Crippen LogP contribution in [0.2, 0.25) is 0 Å². The van der Waals surface area contributed by atoms with Crippen molar-refractivity contribution in [1.82, 2.24) is 10.1 Å². The number of carbonyl (C=O) groups is 1. The van der Waals surface area contributed by atoms with Crippen LogP contribution in [0.5, 0.6) is 0 Å². The normalized spacial score (nSPS) is 10.2.